The molecule has 0 fully saturated rings. The second kappa shape index (κ2) is 9.00. The van der Waals surface area contributed by atoms with E-state index in [1.54, 1.807) is 30.3 Å². The van der Waals surface area contributed by atoms with Crippen LogP contribution in [0.3, 0.4) is 0 Å². The lowest BCUT2D eigenvalue weighted by molar-refractivity contribution is -0.103. The van der Waals surface area contributed by atoms with Crippen LogP contribution in [0.2, 0.25) is 0 Å². The molecule has 0 aromatic heterocycles. The van der Waals surface area contributed by atoms with Crippen LogP contribution >= 0.6 is 0 Å². The average Bonchev–Trinajstić information content (AvgIpc) is 2.71. The van der Waals surface area contributed by atoms with Gasteiger partial charge in [0.05, 0.1) is 0 Å². The van der Waals surface area contributed by atoms with Gasteiger partial charge in [0.25, 0.3) is 0 Å². The van der Waals surface area contributed by atoms with Gasteiger partial charge in [-0.2, -0.15) is 0 Å². The van der Waals surface area contributed by atoms with Crippen LogP contribution in [0, 0.1) is 10.8 Å². The molecule has 0 saturated carbocycles. The minimum atomic E-state index is -0.441. The normalized spacial score (nSPS) is 9.78. The maximum atomic E-state index is 12.1. The molecule has 0 radical (unpaired) electrons. The second-order valence-corrected chi connectivity index (χ2v) is 5.62. The van der Waals surface area contributed by atoms with Gasteiger partial charge in [0.2, 0.25) is 0 Å². The Bertz CT molecular complexity index is 879. The molecule has 7 heteroatoms. The molecule has 2 aromatic rings. The summed E-state index contributed by atoms with van der Waals surface area (Å²) in [6, 6.07) is 11.2. The van der Waals surface area contributed by atoms with Crippen LogP contribution in [0.15, 0.2) is 49.0 Å². The van der Waals surface area contributed by atoms with E-state index in [9.17, 15) is 14.4 Å². The fraction of sp³-hybridized carbons (Fsp3) is 0.0500. The first-order valence-corrected chi connectivity index (χ1v) is 7.96. The molecule has 0 heterocycles. The maximum Gasteiger partial charge on any atom is 0.319 e. The lowest BCUT2D eigenvalue weighted by Gasteiger charge is -2.10. The first kappa shape index (κ1) is 19.5. The first-order chi connectivity index (χ1) is 13.0. The van der Waals surface area contributed by atoms with E-state index in [1.807, 2.05) is 12.1 Å². The second-order valence-electron chi connectivity index (χ2n) is 5.62. The molecule has 0 bridgehead atoms. The molecule has 0 aliphatic rings. The minimum Gasteiger partial charge on any atom is -0.334 e. The van der Waals surface area contributed by atoms with E-state index in [0.29, 0.717) is 23.8 Å². The summed E-state index contributed by atoms with van der Waals surface area (Å²) >= 11 is 0. The summed E-state index contributed by atoms with van der Waals surface area (Å²) in [4.78, 5) is 33.7. The van der Waals surface area contributed by atoms with Crippen molar-refractivity contribution in [2.45, 2.75) is 6.54 Å². The highest BCUT2D eigenvalue weighted by molar-refractivity contribution is 6.37. The summed E-state index contributed by atoms with van der Waals surface area (Å²) < 4.78 is 0. The predicted molar refractivity (Wildman–Crippen MR) is 105 cm³/mol. The van der Waals surface area contributed by atoms with Gasteiger partial charge in [-0.1, -0.05) is 24.8 Å². The molecule has 7 nitrogen and oxygen atoms in total. The topological polar surface area (TPSA) is 123 Å². The molecule has 0 spiro atoms. The van der Waals surface area contributed by atoms with Gasteiger partial charge in [0.1, 0.15) is 11.4 Å². The lowest BCUT2D eigenvalue weighted by atomic mass is 10.0. The summed E-state index contributed by atoms with van der Waals surface area (Å²) in [7, 11) is 0. The third kappa shape index (κ3) is 5.30. The molecule has 27 heavy (non-hydrogen) atoms. The largest absolute Gasteiger partial charge is 0.334 e. The highest BCUT2D eigenvalue weighted by atomic mass is 16.2. The van der Waals surface area contributed by atoms with Crippen molar-refractivity contribution in [3.8, 4) is 0 Å². The average molecular weight is 362 g/mol. The number of rotatable bonds is 8. The molecule has 0 unspecified atom stereocenters. The zero-order chi connectivity index (χ0) is 19.8. The highest BCUT2D eigenvalue weighted by Crippen LogP contribution is 2.13. The number of nitrogens with one attached hydrogen (secondary N) is 4. The van der Waals surface area contributed by atoms with Gasteiger partial charge in [-0.05, 0) is 41.5 Å². The molecule has 136 valence electrons. The Morgan fingerprint density at radius 2 is 1.52 bits per heavy atom. The van der Waals surface area contributed by atoms with Gasteiger partial charge in [0.15, 0.2) is 12.6 Å². The quantitative estimate of drug-likeness (QED) is 0.426. The zero-order valence-electron chi connectivity index (χ0n) is 14.4. The van der Waals surface area contributed by atoms with E-state index >= 15 is 0 Å². The van der Waals surface area contributed by atoms with Crippen molar-refractivity contribution in [1.29, 1.82) is 10.8 Å². The highest BCUT2D eigenvalue weighted by Gasteiger charge is 2.09. The molecular formula is C20H18N4O3. The summed E-state index contributed by atoms with van der Waals surface area (Å²) in [5.74, 6) is 0. The van der Waals surface area contributed by atoms with Crippen LogP contribution < -0.4 is 10.6 Å². The number of hydrogen-bond acceptors (Lipinski definition) is 5. The molecule has 0 atom stereocenters. The predicted octanol–water partition coefficient (Wildman–Crippen LogP) is 2.78. The maximum absolute atomic E-state index is 12.1. The van der Waals surface area contributed by atoms with Crippen LogP contribution in [-0.4, -0.2) is 30.0 Å². The standard InChI is InChI=1S/C20H18N4O3/c1-2-13-3-5-17(6-4-13)24-20(27)23-10-14-7-15(18(21)11-25)9-16(8-14)19(22)12-26/h2-9,11-12,21-22H,1,10H2,(H2,23,24,27). The zero-order valence-corrected chi connectivity index (χ0v) is 14.4. The number of hydrogen-bond donors (Lipinski definition) is 4. The minimum absolute atomic E-state index is 0.0929. The first-order valence-electron chi connectivity index (χ1n) is 7.96. The van der Waals surface area contributed by atoms with Crippen LogP contribution in [0.4, 0.5) is 10.5 Å². The Labute approximate surface area is 156 Å². The third-order valence-corrected chi connectivity index (χ3v) is 3.71. The van der Waals surface area contributed by atoms with Crippen LogP contribution in [0.25, 0.3) is 6.08 Å². The van der Waals surface area contributed by atoms with Gasteiger partial charge >= 0.3 is 6.03 Å². The van der Waals surface area contributed by atoms with Gasteiger partial charge in [0, 0.05) is 23.4 Å². The number of carbonyl (C=O) groups excluding carboxylic acids is 3. The van der Waals surface area contributed by atoms with Gasteiger partial charge in [-0.25, -0.2) is 4.79 Å². The van der Waals surface area contributed by atoms with Crippen molar-refractivity contribution < 1.29 is 14.4 Å². The third-order valence-electron chi connectivity index (χ3n) is 3.71. The number of amides is 2. The number of benzene rings is 2. The molecular weight excluding hydrogens is 344 g/mol. The Balaban J connectivity index is 2.10. The van der Waals surface area contributed by atoms with E-state index in [4.69, 9.17) is 10.8 Å². The fourth-order valence-corrected chi connectivity index (χ4v) is 2.30. The lowest BCUT2D eigenvalue weighted by Crippen LogP contribution is -2.28. The Morgan fingerprint density at radius 1 is 0.963 bits per heavy atom. The van der Waals surface area contributed by atoms with Crippen molar-refractivity contribution in [2.75, 3.05) is 5.32 Å². The SMILES string of the molecule is C=Cc1ccc(NC(=O)NCc2cc(C(=N)C=O)cc(C(=N)C=O)c2)cc1. The van der Waals surface area contributed by atoms with Crippen molar-refractivity contribution in [3.05, 3.63) is 71.3 Å². The van der Waals surface area contributed by atoms with E-state index in [2.05, 4.69) is 17.2 Å². The molecule has 0 aliphatic carbocycles. The van der Waals surface area contributed by atoms with Crippen molar-refractivity contribution in [3.63, 3.8) is 0 Å². The van der Waals surface area contributed by atoms with E-state index < -0.39 is 6.03 Å². The summed E-state index contributed by atoms with van der Waals surface area (Å²) in [6.45, 7) is 3.76. The van der Waals surface area contributed by atoms with Crippen LogP contribution in [-0.2, 0) is 16.1 Å². The summed E-state index contributed by atoms with van der Waals surface area (Å²) in [6.07, 6.45) is 2.45. The van der Waals surface area contributed by atoms with Gasteiger partial charge < -0.3 is 10.6 Å². The van der Waals surface area contributed by atoms with E-state index in [-0.39, 0.29) is 29.1 Å². The Morgan fingerprint density at radius 3 is 2.00 bits per heavy atom. The van der Waals surface area contributed by atoms with Crippen molar-refractivity contribution in [1.82, 2.24) is 5.32 Å². The van der Waals surface area contributed by atoms with Crippen LogP contribution in [0.1, 0.15) is 22.3 Å². The van der Waals surface area contributed by atoms with Gasteiger partial charge in [-0.15, -0.1) is 0 Å². The monoisotopic (exact) mass is 362 g/mol. The Hall–Kier alpha value is -3.87. The molecule has 4 N–H and O–H groups in total. The van der Waals surface area contributed by atoms with Gasteiger partial charge in [-0.3, -0.25) is 20.4 Å². The van der Waals surface area contributed by atoms with Crippen LogP contribution in [0.5, 0.6) is 0 Å². The fourth-order valence-electron chi connectivity index (χ4n) is 2.30. The Kier molecular flexibility index (Phi) is 6.49. The number of carbonyl (C=O) groups is 3. The summed E-state index contributed by atoms with van der Waals surface area (Å²) in [5, 5.41) is 20.6. The summed E-state index contributed by atoms with van der Waals surface area (Å²) in [5.41, 5.74) is 2.08. The van der Waals surface area contributed by atoms with E-state index in [1.165, 1.54) is 6.07 Å². The molecule has 2 aromatic carbocycles. The van der Waals surface area contributed by atoms with E-state index in [0.717, 1.165) is 5.56 Å². The molecule has 0 saturated heterocycles. The number of aldehydes is 2. The van der Waals surface area contributed by atoms with Crippen molar-refractivity contribution in [2.24, 2.45) is 0 Å². The smallest absolute Gasteiger partial charge is 0.319 e. The number of anilines is 1. The van der Waals surface area contributed by atoms with Crippen molar-refractivity contribution >= 4 is 41.8 Å². The molecule has 0 aliphatic heterocycles. The molecule has 2 rings (SSSR count). The molecule has 2 amide bonds. The number of urea groups is 1.